The van der Waals surface area contributed by atoms with Crippen molar-refractivity contribution in [3.05, 3.63) is 29.7 Å². The highest BCUT2D eigenvalue weighted by Crippen LogP contribution is 2.50. The zero-order chi connectivity index (χ0) is 16.9. The minimum absolute atomic E-state index is 0.0834. The highest BCUT2D eigenvalue weighted by Gasteiger charge is 2.54. The number of hydrogen-bond acceptors (Lipinski definition) is 5. The van der Waals surface area contributed by atoms with Crippen LogP contribution in [0.3, 0.4) is 0 Å². The van der Waals surface area contributed by atoms with E-state index in [0.717, 1.165) is 43.8 Å². The van der Waals surface area contributed by atoms with Crippen molar-refractivity contribution in [1.82, 2.24) is 24.8 Å². The third-order valence-electron chi connectivity index (χ3n) is 6.74. The SMILES string of the molecule is Cc1noc([C@]23CCC[C@H]2CN(Cc2ccnn2CC2CCC2)C3)n1. The van der Waals surface area contributed by atoms with Gasteiger partial charge in [-0.2, -0.15) is 10.1 Å². The molecule has 0 radical (unpaired) electrons. The molecule has 0 bridgehead atoms. The molecular weight excluding hydrogens is 314 g/mol. The van der Waals surface area contributed by atoms with Crippen molar-refractivity contribution in [2.45, 2.75) is 64.0 Å². The van der Waals surface area contributed by atoms with Gasteiger partial charge in [-0.15, -0.1) is 0 Å². The number of fused-ring (bicyclic) bond motifs is 1. The lowest BCUT2D eigenvalue weighted by Crippen LogP contribution is -2.32. The second-order valence-corrected chi connectivity index (χ2v) is 8.36. The van der Waals surface area contributed by atoms with E-state index in [1.807, 2.05) is 13.1 Å². The van der Waals surface area contributed by atoms with Gasteiger partial charge in [0.25, 0.3) is 0 Å². The Morgan fingerprint density at radius 1 is 1.28 bits per heavy atom. The quantitative estimate of drug-likeness (QED) is 0.837. The van der Waals surface area contributed by atoms with Gasteiger partial charge in [-0.05, 0) is 50.5 Å². The van der Waals surface area contributed by atoms with E-state index in [1.165, 1.54) is 44.2 Å². The molecule has 3 heterocycles. The average molecular weight is 341 g/mol. The van der Waals surface area contributed by atoms with Crippen LogP contribution >= 0.6 is 0 Å². The summed E-state index contributed by atoms with van der Waals surface area (Å²) in [6.45, 7) is 6.16. The molecule has 0 unspecified atom stereocenters. The Morgan fingerprint density at radius 2 is 2.20 bits per heavy atom. The molecule has 5 rings (SSSR count). The van der Waals surface area contributed by atoms with Gasteiger partial charge in [-0.1, -0.05) is 18.0 Å². The van der Waals surface area contributed by atoms with Gasteiger partial charge in [-0.3, -0.25) is 9.58 Å². The molecule has 0 spiro atoms. The van der Waals surface area contributed by atoms with Crippen molar-refractivity contribution in [2.75, 3.05) is 13.1 Å². The minimum Gasteiger partial charge on any atom is -0.339 e. The molecule has 6 nitrogen and oxygen atoms in total. The normalized spacial score (nSPS) is 29.9. The van der Waals surface area contributed by atoms with Crippen LogP contribution in [0.5, 0.6) is 0 Å². The maximum atomic E-state index is 5.63. The minimum atomic E-state index is 0.0834. The summed E-state index contributed by atoms with van der Waals surface area (Å²) >= 11 is 0. The molecule has 0 aromatic carbocycles. The van der Waals surface area contributed by atoms with E-state index in [2.05, 4.69) is 30.9 Å². The summed E-state index contributed by atoms with van der Waals surface area (Å²) in [5.74, 6) is 3.12. The van der Waals surface area contributed by atoms with Crippen molar-refractivity contribution >= 4 is 0 Å². The van der Waals surface area contributed by atoms with E-state index in [1.54, 1.807) is 0 Å². The second kappa shape index (κ2) is 5.94. The number of rotatable bonds is 5. The fraction of sp³-hybridized carbons (Fsp3) is 0.737. The Morgan fingerprint density at radius 3 is 2.96 bits per heavy atom. The van der Waals surface area contributed by atoms with E-state index in [9.17, 15) is 0 Å². The van der Waals surface area contributed by atoms with E-state index in [0.29, 0.717) is 5.92 Å². The molecule has 2 aromatic heterocycles. The number of likely N-dealkylation sites (tertiary alicyclic amines) is 1. The van der Waals surface area contributed by atoms with E-state index >= 15 is 0 Å². The molecule has 134 valence electrons. The summed E-state index contributed by atoms with van der Waals surface area (Å²) in [5, 5.41) is 8.64. The molecule has 3 fully saturated rings. The summed E-state index contributed by atoms with van der Waals surface area (Å²) in [4.78, 5) is 7.19. The lowest BCUT2D eigenvalue weighted by Gasteiger charge is -2.27. The summed E-state index contributed by atoms with van der Waals surface area (Å²) < 4.78 is 7.87. The van der Waals surface area contributed by atoms with Gasteiger partial charge in [0.15, 0.2) is 5.82 Å². The molecule has 6 heteroatoms. The first kappa shape index (κ1) is 15.6. The van der Waals surface area contributed by atoms with Crippen LogP contribution in [0.15, 0.2) is 16.8 Å². The van der Waals surface area contributed by atoms with Crippen LogP contribution in [0, 0.1) is 18.8 Å². The summed E-state index contributed by atoms with van der Waals surface area (Å²) in [6, 6.07) is 2.19. The molecule has 1 saturated heterocycles. The third-order valence-corrected chi connectivity index (χ3v) is 6.74. The van der Waals surface area contributed by atoms with Crippen LogP contribution in [0.2, 0.25) is 0 Å². The predicted octanol–water partition coefficient (Wildman–Crippen LogP) is 2.93. The smallest absolute Gasteiger partial charge is 0.234 e. The standard InChI is InChI=1S/C19H27N5O/c1-14-21-18(25-22-14)19-8-3-6-16(19)11-23(13-19)12-17-7-9-20-24(17)10-15-4-2-5-15/h7,9,15-16H,2-6,8,10-13H2,1H3/t16-,19-/m0/s1. The lowest BCUT2D eigenvalue weighted by molar-refractivity contribution is 0.234. The molecular formula is C19H27N5O. The fourth-order valence-corrected chi connectivity index (χ4v) is 5.17. The van der Waals surface area contributed by atoms with Crippen LogP contribution < -0.4 is 0 Å². The average Bonchev–Trinajstić information content (AvgIpc) is 3.27. The molecule has 2 aliphatic carbocycles. The molecule has 0 N–H and O–H groups in total. The maximum absolute atomic E-state index is 5.63. The Labute approximate surface area is 148 Å². The van der Waals surface area contributed by atoms with E-state index in [-0.39, 0.29) is 5.41 Å². The Kier molecular flexibility index (Phi) is 3.69. The lowest BCUT2D eigenvalue weighted by atomic mass is 9.80. The number of nitrogens with zero attached hydrogens (tertiary/aromatic N) is 5. The van der Waals surface area contributed by atoms with Crippen molar-refractivity contribution in [3.8, 4) is 0 Å². The van der Waals surface area contributed by atoms with Crippen LogP contribution in [0.25, 0.3) is 0 Å². The first-order valence-electron chi connectivity index (χ1n) is 9.77. The zero-order valence-corrected chi connectivity index (χ0v) is 15.0. The van der Waals surface area contributed by atoms with Gasteiger partial charge in [0.1, 0.15) is 0 Å². The van der Waals surface area contributed by atoms with Crippen LogP contribution in [0.4, 0.5) is 0 Å². The van der Waals surface area contributed by atoms with Gasteiger partial charge >= 0.3 is 0 Å². The topological polar surface area (TPSA) is 60.0 Å². The van der Waals surface area contributed by atoms with Gasteiger partial charge in [-0.25, -0.2) is 0 Å². The van der Waals surface area contributed by atoms with Crippen LogP contribution in [0.1, 0.15) is 55.9 Å². The third kappa shape index (κ3) is 2.62. The second-order valence-electron chi connectivity index (χ2n) is 8.36. The number of aryl methyl sites for hydroxylation is 1. The van der Waals surface area contributed by atoms with Crippen molar-refractivity contribution in [3.63, 3.8) is 0 Å². The van der Waals surface area contributed by atoms with Crippen molar-refractivity contribution < 1.29 is 4.52 Å². The van der Waals surface area contributed by atoms with Crippen LogP contribution in [-0.4, -0.2) is 37.9 Å². The maximum Gasteiger partial charge on any atom is 0.234 e. The summed E-state index contributed by atoms with van der Waals surface area (Å²) in [7, 11) is 0. The Hall–Kier alpha value is -1.69. The van der Waals surface area contributed by atoms with Crippen molar-refractivity contribution in [2.24, 2.45) is 11.8 Å². The van der Waals surface area contributed by atoms with E-state index in [4.69, 9.17) is 4.52 Å². The largest absolute Gasteiger partial charge is 0.339 e. The highest BCUT2D eigenvalue weighted by atomic mass is 16.5. The number of hydrogen-bond donors (Lipinski definition) is 0. The van der Waals surface area contributed by atoms with Gasteiger partial charge in [0.05, 0.1) is 11.1 Å². The van der Waals surface area contributed by atoms with Crippen molar-refractivity contribution in [1.29, 1.82) is 0 Å². The molecule has 0 amide bonds. The molecule has 2 aromatic rings. The summed E-state index contributed by atoms with van der Waals surface area (Å²) in [5.41, 5.74) is 1.43. The fourth-order valence-electron chi connectivity index (χ4n) is 5.17. The first-order chi connectivity index (χ1) is 12.2. The monoisotopic (exact) mass is 341 g/mol. The van der Waals surface area contributed by atoms with Gasteiger partial charge in [0.2, 0.25) is 5.89 Å². The van der Waals surface area contributed by atoms with E-state index < -0.39 is 0 Å². The van der Waals surface area contributed by atoms with Gasteiger partial charge < -0.3 is 4.52 Å². The molecule has 2 saturated carbocycles. The molecule has 3 aliphatic rings. The van der Waals surface area contributed by atoms with Gasteiger partial charge in [0, 0.05) is 32.4 Å². The molecule has 25 heavy (non-hydrogen) atoms. The Bertz CT molecular complexity index is 749. The predicted molar refractivity (Wildman–Crippen MR) is 92.9 cm³/mol. The number of aromatic nitrogens is 4. The summed E-state index contributed by atoms with van der Waals surface area (Å²) in [6.07, 6.45) is 9.81. The highest BCUT2D eigenvalue weighted by molar-refractivity contribution is 5.18. The first-order valence-corrected chi connectivity index (χ1v) is 9.77. The Balaban J connectivity index is 1.33. The van der Waals surface area contributed by atoms with Crippen LogP contribution in [-0.2, 0) is 18.5 Å². The zero-order valence-electron chi connectivity index (χ0n) is 15.0. The molecule has 2 atom stereocenters. The molecule has 1 aliphatic heterocycles.